The van der Waals surface area contributed by atoms with Crippen molar-refractivity contribution in [1.82, 2.24) is 10.2 Å². The maximum absolute atomic E-state index is 12.5. The average molecular weight is 418 g/mol. The zero-order valence-corrected chi connectivity index (χ0v) is 17.7. The smallest absolute Gasteiger partial charge is 0.225 e. The van der Waals surface area contributed by atoms with Crippen LogP contribution >= 0.6 is 24.8 Å². The molecule has 3 N–H and O–H groups in total. The molecule has 2 unspecified atom stereocenters. The van der Waals surface area contributed by atoms with Gasteiger partial charge in [0.15, 0.2) is 0 Å². The van der Waals surface area contributed by atoms with Crippen LogP contribution in [0.3, 0.4) is 0 Å². The van der Waals surface area contributed by atoms with Gasteiger partial charge >= 0.3 is 0 Å². The number of hydrogen-bond acceptors (Lipinski definition) is 4. The number of hydrogen-bond donors (Lipinski definition) is 2. The summed E-state index contributed by atoms with van der Waals surface area (Å²) in [5.74, 6) is 0.0314. The van der Waals surface area contributed by atoms with E-state index in [4.69, 9.17) is 10.5 Å². The second-order valence-electron chi connectivity index (χ2n) is 7.73. The van der Waals surface area contributed by atoms with Crippen LogP contribution in [0.1, 0.15) is 43.7 Å². The SMILES string of the molecule is CC1(N)CCCCC1C(=O)NCc1ccc(CN2CCOCC2)cc1.Cl.Cl. The molecule has 3 rings (SSSR count). The Kier molecular flexibility index (Phi) is 10.1. The first-order chi connectivity index (χ1) is 12.0. The predicted octanol–water partition coefficient (Wildman–Crippen LogP) is 2.89. The monoisotopic (exact) mass is 417 g/mol. The number of nitrogens with zero attached hydrogens (tertiary/aromatic N) is 1. The molecule has 154 valence electrons. The molecule has 1 aromatic rings. The topological polar surface area (TPSA) is 67.6 Å². The van der Waals surface area contributed by atoms with E-state index in [1.807, 2.05) is 6.92 Å². The number of carbonyl (C=O) groups excluding carboxylic acids is 1. The number of nitrogens with one attached hydrogen (secondary N) is 1. The number of amides is 1. The second kappa shape index (κ2) is 11.2. The maximum atomic E-state index is 12.5. The fourth-order valence-corrected chi connectivity index (χ4v) is 3.88. The third-order valence-corrected chi connectivity index (χ3v) is 5.57. The molecule has 1 aliphatic heterocycles. The van der Waals surface area contributed by atoms with Crippen molar-refractivity contribution in [3.05, 3.63) is 35.4 Å². The van der Waals surface area contributed by atoms with Gasteiger partial charge in [-0.25, -0.2) is 0 Å². The Balaban J connectivity index is 0.00000182. The summed E-state index contributed by atoms with van der Waals surface area (Å²) in [4.78, 5) is 14.9. The van der Waals surface area contributed by atoms with Crippen molar-refractivity contribution in [2.75, 3.05) is 26.3 Å². The van der Waals surface area contributed by atoms with Crippen LogP contribution in [0.25, 0.3) is 0 Å². The Morgan fingerprint density at radius 3 is 2.44 bits per heavy atom. The zero-order valence-electron chi connectivity index (χ0n) is 16.1. The number of rotatable bonds is 5. The van der Waals surface area contributed by atoms with Crippen LogP contribution in [-0.2, 0) is 22.6 Å². The first-order valence-electron chi connectivity index (χ1n) is 9.49. The molecule has 1 saturated carbocycles. The summed E-state index contributed by atoms with van der Waals surface area (Å²) in [6.07, 6.45) is 4.06. The van der Waals surface area contributed by atoms with Crippen LogP contribution in [-0.4, -0.2) is 42.6 Å². The van der Waals surface area contributed by atoms with Gasteiger partial charge in [-0.3, -0.25) is 9.69 Å². The highest BCUT2D eigenvalue weighted by Gasteiger charge is 2.37. The molecule has 1 heterocycles. The number of morpholine rings is 1. The minimum Gasteiger partial charge on any atom is -0.379 e. The number of nitrogens with two attached hydrogens (primary N) is 1. The molecule has 0 radical (unpaired) electrons. The van der Waals surface area contributed by atoms with Crippen molar-refractivity contribution < 1.29 is 9.53 Å². The van der Waals surface area contributed by atoms with Crippen LogP contribution in [0.4, 0.5) is 0 Å². The summed E-state index contributed by atoms with van der Waals surface area (Å²) in [5, 5.41) is 3.08. The molecule has 7 heteroatoms. The van der Waals surface area contributed by atoms with Gasteiger partial charge in [0.1, 0.15) is 0 Å². The standard InChI is InChI=1S/C20H31N3O2.2ClH/c1-20(21)9-3-2-4-18(20)19(24)22-14-16-5-7-17(8-6-16)15-23-10-12-25-13-11-23;;/h5-8,18H,2-4,9-15,21H2,1H3,(H,22,24);2*1H. The number of ether oxygens (including phenoxy) is 1. The normalized spacial score (nSPS) is 25.8. The van der Waals surface area contributed by atoms with Gasteiger partial charge in [0.05, 0.1) is 19.1 Å². The Bertz CT molecular complexity index is 575. The van der Waals surface area contributed by atoms with Crippen molar-refractivity contribution in [1.29, 1.82) is 0 Å². The van der Waals surface area contributed by atoms with Gasteiger partial charge < -0.3 is 15.8 Å². The van der Waals surface area contributed by atoms with Gasteiger partial charge in [0, 0.05) is 31.7 Å². The molecule has 0 bridgehead atoms. The van der Waals surface area contributed by atoms with E-state index >= 15 is 0 Å². The van der Waals surface area contributed by atoms with E-state index < -0.39 is 0 Å². The Morgan fingerprint density at radius 1 is 1.19 bits per heavy atom. The molecular formula is C20H33Cl2N3O2. The Hall–Kier alpha value is -0.850. The average Bonchev–Trinajstić information content (AvgIpc) is 2.61. The summed E-state index contributed by atoms with van der Waals surface area (Å²) in [5.41, 5.74) is 8.39. The van der Waals surface area contributed by atoms with E-state index in [-0.39, 0.29) is 42.2 Å². The lowest BCUT2D eigenvalue weighted by molar-refractivity contribution is -0.128. The molecule has 27 heavy (non-hydrogen) atoms. The summed E-state index contributed by atoms with van der Waals surface area (Å²) in [6, 6.07) is 8.53. The van der Waals surface area contributed by atoms with E-state index in [0.717, 1.165) is 64.1 Å². The molecule has 5 nitrogen and oxygen atoms in total. The minimum absolute atomic E-state index is 0. The molecule has 0 spiro atoms. The van der Waals surface area contributed by atoms with Crippen molar-refractivity contribution >= 4 is 30.7 Å². The van der Waals surface area contributed by atoms with E-state index in [1.165, 1.54) is 5.56 Å². The van der Waals surface area contributed by atoms with Gasteiger partial charge in [-0.15, -0.1) is 24.8 Å². The zero-order chi connectivity index (χ0) is 17.7. The Morgan fingerprint density at radius 2 is 1.81 bits per heavy atom. The fourth-order valence-electron chi connectivity index (χ4n) is 3.88. The minimum atomic E-state index is -0.371. The third-order valence-electron chi connectivity index (χ3n) is 5.57. The van der Waals surface area contributed by atoms with E-state index in [2.05, 4.69) is 34.5 Å². The van der Waals surface area contributed by atoms with E-state index in [0.29, 0.717) is 6.54 Å². The molecule has 2 fully saturated rings. The summed E-state index contributed by atoms with van der Waals surface area (Å²) in [6.45, 7) is 7.19. The highest BCUT2D eigenvalue weighted by molar-refractivity contribution is 5.85. The fraction of sp³-hybridized carbons (Fsp3) is 0.650. The quantitative estimate of drug-likeness (QED) is 0.772. The lowest BCUT2D eigenvalue weighted by Crippen LogP contribution is -2.52. The van der Waals surface area contributed by atoms with Gasteiger partial charge in [-0.1, -0.05) is 37.1 Å². The first kappa shape index (κ1) is 24.2. The van der Waals surface area contributed by atoms with Crippen LogP contribution in [0, 0.1) is 5.92 Å². The van der Waals surface area contributed by atoms with Crippen molar-refractivity contribution in [2.24, 2.45) is 11.7 Å². The van der Waals surface area contributed by atoms with Gasteiger partial charge in [-0.2, -0.15) is 0 Å². The molecule has 1 saturated heterocycles. The van der Waals surface area contributed by atoms with Crippen molar-refractivity contribution in [3.63, 3.8) is 0 Å². The molecule has 2 aliphatic rings. The highest BCUT2D eigenvalue weighted by Crippen LogP contribution is 2.31. The predicted molar refractivity (Wildman–Crippen MR) is 113 cm³/mol. The third kappa shape index (κ3) is 6.91. The van der Waals surface area contributed by atoms with Crippen LogP contribution in [0.15, 0.2) is 24.3 Å². The summed E-state index contributed by atoms with van der Waals surface area (Å²) in [7, 11) is 0. The van der Waals surface area contributed by atoms with E-state index in [1.54, 1.807) is 0 Å². The summed E-state index contributed by atoms with van der Waals surface area (Å²) < 4.78 is 5.38. The second-order valence-corrected chi connectivity index (χ2v) is 7.73. The van der Waals surface area contributed by atoms with Crippen molar-refractivity contribution in [3.8, 4) is 0 Å². The molecule has 2 atom stereocenters. The molecule has 0 aromatic heterocycles. The van der Waals surface area contributed by atoms with Crippen molar-refractivity contribution in [2.45, 2.75) is 51.2 Å². The molecule has 1 aromatic carbocycles. The molecule has 1 aliphatic carbocycles. The van der Waals surface area contributed by atoms with Crippen LogP contribution < -0.4 is 11.1 Å². The van der Waals surface area contributed by atoms with Gasteiger partial charge in [0.2, 0.25) is 5.91 Å². The number of carbonyl (C=O) groups is 1. The lowest BCUT2D eigenvalue weighted by atomic mass is 9.74. The van der Waals surface area contributed by atoms with Gasteiger partial charge in [0.25, 0.3) is 0 Å². The number of benzene rings is 1. The highest BCUT2D eigenvalue weighted by atomic mass is 35.5. The summed E-state index contributed by atoms with van der Waals surface area (Å²) >= 11 is 0. The largest absolute Gasteiger partial charge is 0.379 e. The molecule has 1 amide bonds. The first-order valence-corrected chi connectivity index (χ1v) is 9.49. The Labute approximate surface area is 175 Å². The number of halogens is 2. The van der Waals surface area contributed by atoms with Gasteiger partial charge in [-0.05, 0) is 30.9 Å². The molecular weight excluding hydrogens is 385 g/mol. The maximum Gasteiger partial charge on any atom is 0.225 e. The van der Waals surface area contributed by atoms with Crippen LogP contribution in [0.2, 0.25) is 0 Å². The lowest BCUT2D eigenvalue weighted by Gasteiger charge is -2.37. The van der Waals surface area contributed by atoms with E-state index in [9.17, 15) is 4.79 Å². The van der Waals surface area contributed by atoms with Crippen LogP contribution in [0.5, 0.6) is 0 Å².